The molecule has 0 saturated heterocycles. The van der Waals surface area contributed by atoms with E-state index in [-0.39, 0.29) is 17.2 Å². The molecule has 0 saturated carbocycles. The van der Waals surface area contributed by atoms with Crippen LogP contribution in [0.3, 0.4) is 0 Å². The molecule has 4 rings (SSSR count). The van der Waals surface area contributed by atoms with Crippen molar-refractivity contribution in [1.82, 2.24) is 19.1 Å². The number of benzene rings is 2. The fourth-order valence-electron chi connectivity index (χ4n) is 3.18. The SMILES string of the molecule is CCCn1c(=O)[nH]c2nc(Oc3cccc(Cl)c3)n(Cc3ccc(Cl)cc3)c2c1=O. The lowest BCUT2D eigenvalue weighted by Crippen LogP contribution is -2.35. The Morgan fingerprint density at radius 2 is 1.80 bits per heavy atom. The van der Waals surface area contributed by atoms with Crippen LogP contribution in [0.15, 0.2) is 58.1 Å². The third-order valence-corrected chi connectivity index (χ3v) is 5.04. The van der Waals surface area contributed by atoms with Crippen molar-refractivity contribution in [1.29, 1.82) is 0 Å². The lowest BCUT2D eigenvalue weighted by Gasteiger charge is -2.10. The average molecular weight is 445 g/mol. The number of fused-ring (bicyclic) bond motifs is 1. The molecule has 0 spiro atoms. The monoisotopic (exact) mass is 444 g/mol. The molecule has 0 fully saturated rings. The molecule has 0 aliphatic heterocycles. The van der Waals surface area contributed by atoms with Gasteiger partial charge in [0.15, 0.2) is 11.2 Å². The Bertz CT molecular complexity index is 1320. The van der Waals surface area contributed by atoms with Gasteiger partial charge in [0.05, 0.1) is 6.54 Å². The molecule has 2 heterocycles. The first-order chi connectivity index (χ1) is 14.5. The predicted octanol–water partition coefficient (Wildman–Crippen LogP) is 4.44. The van der Waals surface area contributed by atoms with Crippen molar-refractivity contribution < 1.29 is 4.74 Å². The molecule has 0 atom stereocenters. The van der Waals surface area contributed by atoms with Gasteiger partial charge in [-0.1, -0.05) is 48.3 Å². The summed E-state index contributed by atoms with van der Waals surface area (Å²) in [5.74, 6) is 0.464. The van der Waals surface area contributed by atoms with Crippen molar-refractivity contribution in [2.24, 2.45) is 0 Å². The van der Waals surface area contributed by atoms with Crippen LogP contribution in [0.4, 0.5) is 0 Å². The molecule has 2 aromatic heterocycles. The van der Waals surface area contributed by atoms with Crippen molar-refractivity contribution in [2.45, 2.75) is 26.4 Å². The van der Waals surface area contributed by atoms with Crippen LogP contribution in [0.1, 0.15) is 18.9 Å². The molecule has 154 valence electrons. The van der Waals surface area contributed by atoms with Crippen LogP contribution < -0.4 is 16.0 Å². The Hall–Kier alpha value is -3.03. The molecule has 7 nitrogen and oxygen atoms in total. The van der Waals surface area contributed by atoms with E-state index in [4.69, 9.17) is 27.9 Å². The fraction of sp³-hybridized carbons (Fsp3) is 0.190. The normalized spacial score (nSPS) is 11.2. The van der Waals surface area contributed by atoms with Gasteiger partial charge >= 0.3 is 11.7 Å². The first-order valence-electron chi connectivity index (χ1n) is 9.37. The van der Waals surface area contributed by atoms with Gasteiger partial charge in [0, 0.05) is 16.6 Å². The molecule has 0 radical (unpaired) electrons. The van der Waals surface area contributed by atoms with Gasteiger partial charge in [0.1, 0.15) is 5.75 Å². The second-order valence-electron chi connectivity index (χ2n) is 6.75. The molecule has 0 aliphatic rings. The predicted molar refractivity (Wildman–Crippen MR) is 117 cm³/mol. The highest BCUT2D eigenvalue weighted by molar-refractivity contribution is 6.30. The minimum absolute atomic E-state index is 0.170. The van der Waals surface area contributed by atoms with Crippen LogP contribution in [0.25, 0.3) is 11.2 Å². The number of ether oxygens (including phenoxy) is 1. The summed E-state index contributed by atoms with van der Waals surface area (Å²) in [6.07, 6.45) is 0.645. The molecule has 0 bridgehead atoms. The van der Waals surface area contributed by atoms with Crippen LogP contribution in [0, 0.1) is 0 Å². The molecular weight excluding hydrogens is 427 g/mol. The maximum Gasteiger partial charge on any atom is 0.330 e. The molecule has 2 aromatic carbocycles. The van der Waals surface area contributed by atoms with E-state index < -0.39 is 11.2 Å². The third-order valence-electron chi connectivity index (χ3n) is 4.56. The minimum atomic E-state index is -0.500. The summed E-state index contributed by atoms with van der Waals surface area (Å²) < 4.78 is 8.75. The number of H-pyrrole nitrogens is 1. The molecular formula is C21H18Cl2N4O3. The highest BCUT2D eigenvalue weighted by Gasteiger charge is 2.20. The molecule has 0 unspecified atom stereocenters. The Kier molecular flexibility index (Phi) is 5.65. The lowest BCUT2D eigenvalue weighted by molar-refractivity contribution is 0.421. The minimum Gasteiger partial charge on any atom is -0.425 e. The van der Waals surface area contributed by atoms with Gasteiger partial charge in [-0.05, 0) is 42.3 Å². The van der Waals surface area contributed by atoms with Gasteiger partial charge < -0.3 is 4.74 Å². The zero-order valence-electron chi connectivity index (χ0n) is 16.1. The zero-order chi connectivity index (χ0) is 21.3. The first-order valence-corrected chi connectivity index (χ1v) is 10.1. The summed E-state index contributed by atoms with van der Waals surface area (Å²) in [5, 5.41) is 1.12. The molecule has 30 heavy (non-hydrogen) atoms. The molecule has 4 aromatic rings. The number of aromatic amines is 1. The second-order valence-corrected chi connectivity index (χ2v) is 7.62. The lowest BCUT2D eigenvalue weighted by atomic mass is 10.2. The average Bonchev–Trinajstić information content (AvgIpc) is 3.03. The van der Waals surface area contributed by atoms with Gasteiger partial charge in [0.25, 0.3) is 5.56 Å². The Labute approximate surface area is 181 Å². The number of imidazole rings is 1. The number of hydrogen-bond donors (Lipinski definition) is 1. The second kappa shape index (κ2) is 8.38. The topological polar surface area (TPSA) is 81.9 Å². The fourth-order valence-corrected chi connectivity index (χ4v) is 3.49. The molecule has 9 heteroatoms. The van der Waals surface area contributed by atoms with E-state index in [0.717, 1.165) is 5.56 Å². The Morgan fingerprint density at radius 1 is 1.03 bits per heavy atom. The van der Waals surface area contributed by atoms with E-state index in [0.29, 0.717) is 35.3 Å². The Balaban J connectivity index is 1.90. The van der Waals surface area contributed by atoms with Gasteiger partial charge in [-0.3, -0.25) is 18.9 Å². The number of nitrogens with zero attached hydrogens (tertiary/aromatic N) is 3. The van der Waals surface area contributed by atoms with Gasteiger partial charge in [-0.15, -0.1) is 0 Å². The summed E-state index contributed by atoms with van der Waals surface area (Å²) in [7, 11) is 0. The molecule has 0 aliphatic carbocycles. The van der Waals surface area contributed by atoms with Crippen LogP contribution in [0.5, 0.6) is 11.8 Å². The van der Waals surface area contributed by atoms with Crippen molar-refractivity contribution in [3.63, 3.8) is 0 Å². The summed E-state index contributed by atoms with van der Waals surface area (Å²) in [4.78, 5) is 32.5. The number of hydrogen-bond acceptors (Lipinski definition) is 4. The van der Waals surface area contributed by atoms with E-state index in [1.54, 1.807) is 41.0 Å². The van der Waals surface area contributed by atoms with Gasteiger partial charge in [-0.25, -0.2) is 4.79 Å². The van der Waals surface area contributed by atoms with E-state index >= 15 is 0 Å². The summed E-state index contributed by atoms with van der Waals surface area (Å²) in [6, 6.07) is 14.3. The number of rotatable bonds is 6. The van der Waals surface area contributed by atoms with Crippen LogP contribution in [-0.2, 0) is 13.1 Å². The highest BCUT2D eigenvalue weighted by Crippen LogP contribution is 2.26. The zero-order valence-corrected chi connectivity index (χ0v) is 17.6. The van der Waals surface area contributed by atoms with Crippen molar-refractivity contribution in [3.8, 4) is 11.8 Å². The third kappa shape index (κ3) is 3.99. The molecule has 1 N–H and O–H groups in total. The quantitative estimate of drug-likeness (QED) is 0.476. The molecule has 0 amide bonds. The van der Waals surface area contributed by atoms with E-state index in [1.165, 1.54) is 4.57 Å². The summed E-state index contributed by atoms with van der Waals surface area (Å²) in [5.41, 5.74) is 0.401. The summed E-state index contributed by atoms with van der Waals surface area (Å²) >= 11 is 12.0. The van der Waals surface area contributed by atoms with Crippen LogP contribution in [0.2, 0.25) is 10.0 Å². The number of nitrogens with one attached hydrogen (secondary N) is 1. The van der Waals surface area contributed by atoms with E-state index in [1.807, 2.05) is 19.1 Å². The first kappa shape index (κ1) is 20.3. The summed E-state index contributed by atoms with van der Waals surface area (Å²) in [6.45, 7) is 2.51. The number of halogens is 2. The largest absolute Gasteiger partial charge is 0.425 e. The standard InChI is InChI=1S/C21H18Cl2N4O3/c1-2-10-26-19(28)17-18(24-20(26)29)25-21(30-16-5-3-4-15(23)11-16)27(17)12-13-6-8-14(22)9-7-13/h3-9,11H,2,10,12H2,1H3,(H,24,29). The number of aromatic nitrogens is 4. The van der Waals surface area contributed by atoms with Crippen molar-refractivity contribution in [2.75, 3.05) is 0 Å². The van der Waals surface area contributed by atoms with E-state index in [9.17, 15) is 9.59 Å². The maximum atomic E-state index is 13.1. The smallest absolute Gasteiger partial charge is 0.330 e. The van der Waals surface area contributed by atoms with Crippen molar-refractivity contribution >= 4 is 34.4 Å². The Morgan fingerprint density at radius 3 is 2.50 bits per heavy atom. The van der Waals surface area contributed by atoms with Crippen molar-refractivity contribution in [3.05, 3.63) is 85.0 Å². The maximum absolute atomic E-state index is 13.1. The van der Waals surface area contributed by atoms with Crippen LogP contribution >= 0.6 is 23.2 Å². The van der Waals surface area contributed by atoms with E-state index in [2.05, 4.69) is 9.97 Å². The highest BCUT2D eigenvalue weighted by atomic mass is 35.5. The van der Waals surface area contributed by atoms with Gasteiger partial charge in [0.2, 0.25) is 0 Å². The van der Waals surface area contributed by atoms with Gasteiger partial charge in [-0.2, -0.15) is 4.98 Å². The van der Waals surface area contributed by atoms with Crippen LogP contribution in [-0.4, -0.2) is 19.1 Å².